The summed E-state index contributed by atoms with van der Waals surface area (Å²) in [5.41, 5.74) is 0.130. The van der Waals surface area contributed by atoms with Crippen LogP contribution in [0.2, 0.25) is 0 Å². The Kier molecular flexibility index (Phi) is 15.9. The summed E-state index contributed by atoms with van der Waals surface area (Å²) in [6, 6.07) is 0. The Balaban J connectivity index is -0.000000153. The predicted octanol–water partition coefficient (Wildman–Crippen LogP) is -0.916. The third kappa shape index (κ3) is 32.6. The van der Waals surface area contributed by atoms with E-state index in [1.54, 1.807) is 0 Å². The fraction of sp³-hybridized carbons (Fsp3) is 0.250. The first-order valence-electron chi connectivity index (χ1n) is 3.40. The molecule has 0 N–H and O–H groups in total. The monoisotopic (exact) mass is 236 g/mol. The highest BCUT2D eigenvalue weighted by Gasteiger charge is 2.48. The second-order valence-corrected chi connectivity index (χ2v) is 2.35. The van der Waals surface area contributed by atoms with E-state index < -0.39 is 22.1 Å². The van der Waals surface area contributed by atoms with Gasteiger partial charge < -0.3 is 19.8 Å². The topological polar surface area (TPSA) is 80.3 Å². The first kappa shape index (κ1) is 19.1. The van der Waals surface area contributed by atoms with Crippen molar-refractivity contribution in [3.05, 3.63) is 24.3 Å². The molecule has 0 bridgehead atoms. The van der Waals surface area contributed by atoms with Gasteiger partial charge in [0.1, 0.15) is 0 Å². The van der Waals surface area contributed by atoms with Gasteiger partial charge in [-0.05, 0) is 25.0 Å². The molecule has 0 unspecified atom stereocenters. The summed E-state index contributed by atoms with van der Waals surface area (Å²) in [4.78, 5) is 19.0. The van der Waals surface area contributed by atoms with Gasteiger partial charge >= 0.3 is 10.2 Å². The Morgan fingerprint density at radius 2 is 1.07 bits per heavy atom. The van der Waals surface area contributed by atoms with Crippen molar-refractivity contribution in [3.63, 3.8) is 0 Å². The van der Waals surface area contributed by atoms with Gasteiger partial charge in [0.15, 0.2) is 0 Å². The second kappa shape index (κ2) is 12.5. The van der Waals surface area contributed by atoms with Crippen LogP contribution in [-0.4, -0.2) is 22.1 Å². The van der Waals surface area contributed by atoms with Gasteiger partial charge in [-0.15, -0.1) is 0 Å². The fourth-order valence-corrected chi connectivity index (χ4v) is 0. The highest BCUT2D eigenvalue weighted by atomic mass is 28.3. The van der Waals surface area contributed by atoms with Crippen LogP contribution in [0.25, 0.3) is 0 Å². The van der Waals surface area contributed by atoms with Crippen LogP contribution in [0.4, 0.5) is 8.22 Å². The summed E-state index contributed by atoms with van der Waals surface area (Å²) in [5.74, 6) is -2.37. The molecule has 0 aromatic heterocycles. The van der Waals surface area contributed by atoms with Crippen molar-refractivity contribution in [2.24, 2.45) is 0 Å². The van der Waals surface area contributed by atoms with E-state index in [4.69, 9.17) is 0 Å². The smallest absolute Gasteiger partial charge is 0.545 e. The molecule has 84 valence electrons. The zero-order chi connectivity index (χ0) is 13.0. The Bertz CT molecular complexity index is 193. The summed E-state index contributed by atoms with van der Waals surface area (Å²) in [6.45, 7) is 8.95. The van der Waals surface area contributed by atoms with Crippen LogP contribution in [0.5, 0.6) is 0 Å². The van der Waals surface area contributed by atoms with Crippen LogP contribution in [-0.2, 0) is 9.59 Å². The molecule has 0 amide bonds. The lowest BCUT2D eigenvalue weighted by Crippen LogP contribution is -2.22. The Labute approximate surface area is 89.1 Å². The fourth-order valence-electron chi connectivity index (χ4n) is 0. The van der Waals surface area contributed by atoms with Crippen molar-refractivity contribution in [2.75, 3.05) is 0 Å². The molecule has 7 heteroatoms. The molecule has 0 spiro atoms. The van der Waals surface area contributed by atoms with Crippen LogP contribution >= 0.6 is 0 Å². The normalized spacial score (nSPS) is 6.67. The summed E-state index contributed by atoms with van der Waals surface area (Å²) in [6.07, 6.45) is 0. The number of carboxylic acid groups (broad SMARTS) is 2. The van der Waals surface area contributed by atoms with E-state index in [1.165, 1.54) is 13.8 Å². The van der Waals surface area contributed by atoms with E-state index in [1.807, 2.05) is 0 Å². The zero-order valence-corrected chi connectivity index (χ0v) is 9.30. The van der Waals surface area contributed by atoms with Crippen LogP contribution < -0.4 is 10.2 Å². The molecule has 0 aromatic rings. The van der Waals surface area contributed by atoms with Gasteiger partial charge in [-0.3, -0.25) is 0 Å². The number of hydrogen-bond donors (Lipinski definition) is 0. The molecule has 4 nitrogen and oxygen atoms in total. The lowest BCUT2D eigenvalue weighted by Gasteiger charge is -1.93. The molecular weight excluding hydrogens is 226 g/mol. The maximum absolute atomic E-state index is 9.65. The minimum atomic E-state index is -1.92. The number of rotatable bonds is 2. The van der Waals surface area contributed by atoms with E-state index in [0.29, 0.717) is 0 Å². The van der Waals surface area contributed by atoms with Gasteiger partial charge in [0, 0.05) is 0 Å². The van der Waals surface area contributed by atoms with Gasteiger partial charge in [0.2, 0.25) is 8.22 Å². The minimum Gasteiger partial charge on any atom is -0.545 e. The average Bonchev–Trinajstić information content (AvgIpc) is 2.06. The SMILES string of the molecule is C=C(C)C(=O)[O-].C=C(C)C(=O)[O-].F[Si+2]F. The van der Waals surface area contributed by atoms with Crippen molar-refractivity contribution in [3.8, 4) is 0 Å². The molecule has 0 saturated heterocycles. The van der Waals surface area contributed by atoms with E-state index in [-0.39, 0.29) is 11.1 Å². The van der Waals surface area contributed by atoms with Gasteiger partial charge in [-0.25, -0.2) is 0 Å². The molecule has 0 atom stereocenters. The van der Waals surface area contributed by atoms with Gasteiger partial charge in [0.05, 0.1) is 11.9 Å². The van der Waals surface area contributed by atoms with Crippen molar-refractivity contribution in [2.45, 2.75) is 13.8 Å². The highest BCUT2D eigenvalue weighted by molar-refractivity contribution is 6.15. The van der Waals surface area contributed by atoms with Crippen molar-refractivity contribution < 1.29 is 28.0 Å². The zero-order valence-electron chi connectivity index (χ0n) is 8.30. The highest BCUT2D eigenvalue weighted by Crippen LogP contribution is 1.77. The lowest BCUT2D eigenvalue weighted by atomic mass is 10.4. The number of halogens is 2. The summed E-state index contributed by atoms with van der Waals surface area (Å²) < 4.78 is 19.3. The van der Waals surface area contributed by atoms with Gasteiger partial charge in [-0.1, -0.05) is 13.2 Å². The van der Waals surface area contributed by atoms with Crippen molar-refractivity contribution >= 4 is 22.1 Å². The quantitative estimate of drug-likeness (QED) is 0.353. The number of carbonyl (C=O) groups excluding carboxylic acids is 2. The Hall–Kier alpha value is -1.50. The summed E-state index contributed by atoms with van der Waals surface area (Å²) >= 11 is 0. The number of aliphatic carboxylic acids is 2. The molecule has 0 aromatic carbocycles. The third-order valence-electron chi connectivity index (χ3n) is 0.697. The number of hydrogen-bond acceptors (Lipinski definition) is 4. The van der Waals surface area contributed by atoms with E-state index in [9.17, 15) is 28.0 Å². The van der Waals surface area contributed by atoms with Crippen LogP contribution in [0.15, 0.2) is 24.3 Å². The Morgan fingerprint density at radius 1 is 1.00 bits per heavy atom. The molecular formula is C8H10F2O4Si. The van der Waals surface area contributed by atoms with Crippen LogP contribution in [0.3, 0.4) is 0 Å². The van der Waals surface area contributed by atoms with Crippen LogP contribution in [0.1, 0.15) is 13.8 Å². The Morgan fingerprint density at radius 3 is 1.07 bits per heavy atom. The molecule has 0 rings (SSSR count). The molecule has 0 saturated carbocycles. The van der Waals surface area contributed by atoms with E-state index in [0.717, 1.165) is 0 Å². The molecule has 0 aliphatic rings. The molecule has 0 radical (unpaired) electrons. The summed E-state index contributed by atoms with van der Waals surface area (Å²) in [7, 11) is -1.92. The largest absolute Gasteiger partial charge is 1.60 e. The second-order valence-electron chi connectivity index (χ2n) is 2.21. The lowest BCUT2D eigenvalue weighted by molar-refractivity contribution is -0.300. The first-order valence-corrected chi connectivity index (χ1v) is 4.16. The molecule has 15 heavy (non-hydrogen) atoms. The van der Waals surface area contributed by atoms with Gasteiger partial charge in [0.25, 0.3) is 0 Å². The molecule has 0 aliphatic heterocycles. The average molecular weight is 236 g/mol. The van der Waals surface area contributed by atoms with Crippen molar-refractivity contribution in [1.29, 1.82) is 0 Å². The number of carboxylic acids is 2. The van der Waals surface area contributed by atoms with Crippen molar-refractivity contribution in [1.82, 2.24) is 0 Å². The molecule has 0 heterocycles. The predicted molar refractivity (Wildman–Crippen MR) is 47.6 cm³/mol. The van der Waals surface area contributed by atoms with Gasteiger partial charge in [-0.2, -0.15) is 0 Å². The molecule has 0 fully saturated rings. The third-order valence-corrected chi connectivity index (χ3v) is 0.697. The van der Waals surface area contributed by atoms with Crippen LogP contribution in [0, 0.1) is 0 Å². The first-order chi connectivity index (χ1) is 6.70. The summed E-state index contributed by atoms with van der Waals surface area (Å²) in [5, 5.41) is 19.0. The maximum atomic E-state index is 9.65. The standard InChI is InChI=1S/2C4H6O2.F2Si/c2*1-3(2)4(5)6;1-3-2/h2*1H2,2H3,(H,5,6);/q;;+2/p-2. The maximum Gasteiger partial charge on any atom is 1.60 e. The minimum absolute atomic E-state index is 0.0648. The van der Waals surface area contributed by atoms with E-state index >= 15 is 0 Å². The number of carbonyl (C=O) groups is 2. The van der Waals surface area contributed by atoms with E-state index in [2.05, 4.69) is 13.2 Å². The molecule has 0 aliphatic carbocycles.